The third-order valence-electron chi connectivity index (χ3n) is 10.3. The number of aryl methyl sites for hydroxylation is 1. The minimum Gasteiger partial charge on any atom is -0.309 e. The molecule has 9 rings (SSSR count). The zero-order valence-corrected chi connectivity index (χ0v) is 29.9. The van der Waals surface area contributed by atoms with Crippen molar-refractivity contribution in [1.29, 1.82) is 0 Å². The van der Waals surface area contributed by atoms with Crippen molar-refractivity contribution in [2.75, 3.05) is 0 Å². The van der Waals surface area contributed by atoms with Crippen LogP contribution >= 0.6 is 0 Å². The second-order valence-corrected chi connectivity index (χ2v) is 13.4. The van der Waals surface area contributed by atoms with E-state index in [1.165, 1.54) is 44.1 Å². The maximum absolute atomic E-state index is 5.31. The number of para-hydroxylation sites is 2. The average molecular weight is 683 g/mol. The van der Waals surface area contributed by atoms with Gasteiger partial charge in [0.15, 0.2) is 5.82 Å². The summed E-state index contributed by atoms with van der Waals surface area (Å²) in [6.07, 6.45) is 5.40. The molecule has 6 aromatic carbocycles. The van der Waals surface area contributed by atoms with Crippen molar-refractivity contribution >= 4 is 21.8 Å². The molecule has 0 atom stereocenters. The fourth-order valence-electron chi connectivity index (χ4n) is 7.65. The Morgan fingerprint density at radius 1 is 0.453 bits per heavy atom. The molecule has 0 bridgehead atoms. The Morgan fingerprint density at radius 2 is 1.04 bits per heavy atom. The Balaban J connectivity index is 1.15. The van der Waals surface area contributed by atoms with Crippen LogP contribution in [-0.2, 0) is 12.8 Å². The molecule has 0 spiro atoms. The van der Waals surface area contributed by atoms with E-state index in [0.29, 0.717) is 0 Å². The van der Waals surface area contributed by atoms with Gasteiger partial charge < -0.3 is 4.57 Å². The van der Waals surface area contributed by atoms with Crippen LogP contribution < -0.4 is 0 Å². The number of benzene rings is 6. The highest BCUT2D eigenvalue weighted by molar-refractivity contribution is 6.10. The molecule has 0 unspecified atom stereocenters. The molecule has 3 heterocycles. The molecule has 0 N–H and O–H groups in total. The van der Waals surface area contributed by atoms with Gasteiger partial charge in [0.1, 0.15) is 0 Å². The molecule has 4 nitrogen and oxygen atoms in total. The standard InChI is InChI=1S/C49H38N4/c1-3-33-12-8-9-15-42(33)48-41(4-2)47(51-49(52-48)38-24-20-34(21-25-38)36-28-30-50-31-29-36)37-22-18-35(19-23-37)39-26-27-46-44(32-39)43-16-10-11-17-45(43)53(46)40-13-6-5-7-14-40/h5-32H,3-4H2,1-2H3. The zero-order valence-electron chi connectivity index (χ0n) is 29.9. The average Bonchev–Trinajstić information content (AvgIpc) is 3.57. The van der Waals surface area contributed by atoms with Gasteiger partial charge in [-0.15, -0.1) is 0 Å². The lowest BCUT2D eigenvalue weighted by Crippen LogP contribution is -2.04. The summed E-state index contributed by atoms with van der Waals surface area (Å²) >= 11 is 0. The quantitative estimate of drug-likeness (QED) is 0.160. The minimum atomic E-state index is 0.726. The van der Waals surface area contributed by atoms with Gasteiger partial charge in [-0.1, -0.05) is 129 Å². The largest absolute Gasteiger partial charge is 0.309 e. The molecule has 53 heavy (non-hydrogen) atoms. The van der Waals surface area contributed by atoms with Crippen LogP contribution in [-0.4, -0.2) is 19.5 Å². The van der Waals surface area contributed by atoms with Gasteiger partial charge >= 0.3 is 0 Å². The summed E-state index contributed by atoms with van der Waals surface area (Å²) in [5.41, 5.74) is 15.9. The number of hydrogen-bond donors (Lipinski definition) is 0. The molecule has 9 aromatic rings. The highest BCUT2D eigenvalue weighted by Crippen LogP contribution is 2.38. The van der Waals surface area contributed by atoms with Crippen molar-refractivity contribution in [2.45, 2.75) is 26.7 Å². The summed E-state index contributed by atoms with van der Waals surface area (Å²) < 4.78 is 2.36. The summed E-state index contributed by atoms with van der Waals surface area (Å²) in [5, 5.41) is 2.49. The SMILES string of the molecule is CCc1ccccc1-c1nc(-c2ccc(-c3ccncc3)cc2)nc(-c2ccc(-c3ccc4c(c3)c3ccccc3n4-c3ccccc3)cc2)c1CC. The van der Waals surface area contributed by atoms with E-state index in [0.717, 1.165) is 63.6 Å². The van der Waals surface area contributed by atoms with Crippen LogP contribution in [0.2, 0.25) is 0 Å². The van der Waals surface area contributed by atoms with Crippen LogP contribution in [0, 0.1) is 0 Å². The molecule has 0 amide bonds. The molecule has 0 saturated heterocycles. The van der Waals surface area contributed by atoms with E-state index in [4.69, 9.17) is 9.97 Å². The molecule has 4 heteroatoms. The second-order valence-electron chi connectivity index (χ2n) is 13.4. The van der Waals surface area contributed by atoms with E-state index in [9.17, 15) is 0 Å². The van der Waals surface area contributed by atoms with Crippen LogP contribution in [0.1, 0.15) is 25.0 Å². The first-order chi connectivity index (χ1) is 26.2. The van der Waals surface area contributed by atoms with Crippen molar-refractivity contribution in [2.24, 2.45) is 0 Å². The summed E-state index contributed by atoms with van der Waals surface area (Å²) in [6.45, 7) is 4.42. The number of pyridine rings is 1. The highest BCUT2D eigenvalue weighted by Gasteiger charge is 2.20. The first-order valence-corrected chi connectivity index (χ1v) is 18.4. The molecule has 254 valence electrons. The highest BCUT2D eigenvalue weighted by atomic mass is 15.0. The topological polar surface area (TPSA) is 43.6 Å². The van der Waals surface area contributed by atoms with Gasteiger partial charge in [0.25, 0.3) is 0 Å². The Labute approximate surface area is 310 Å². The smallest absolute Gasteiger partial charge is 0.160 e. The van der Waals surface area contributed by atoms with Crippen LogP contribution in [0.15, 0.2) is 170 Å². The fourth-order valence-corrected chi connectivity index (χ4v) is 7.65. The molecule has 0 saturated carbocycles. The third kappa shape index (κ3) is 5.88. The molecular formula is C49H38N4. The molecule has 0 radical (unpaired) electrons. The van der Waals surface area contributed by atoms with Gasteiger partial charge in [-0.2, -0.15) is 0 Å². The number of rotatable bonds is 8. The van der Waals surface area contributed by atoms with Crippen LogP contribution in [0.4, 0.5) is 0 Å². The van der Waals surface area contributed by atoms with E-state index in [1.807, 2.05) is 24.5 Å². The monoisotopic (exact) mass is 682 g/mol. The first kappa shape index (κ1) is 32.3. The lowest BCUT2D eigenvalue weighted by atomic mass is 9.93. The molecule has 0 aliphatic rings. The summed E-state index contributed by atoms with van der Waals surface area (Å²) in [5.74, 6) is 0.726. The lowest BCUT2D eigenvalue weighted by Gasteiger charge is -2.17. The number of hydrogen-bond acceptors (Lipinski definition) is 3. The van der Waals surface area contributed by atoms with Gasteiger partial charge in [-0.05, 0) is 83.1 Å². The van der Waals surface area contributed by atoms with Gasteiger partial charge in [0, 0.05) is 51.1 Å². The number of fused-ring (bicyclic) bond motifs is 3. The fraction of sp³-hybridized carbons (Fsp3) is 0.0816. The van der Waals surface area contributed by atoms with Crippen molar-refractivity contribution in [3.05, 3.63) is 181 Å². The Hall–Kier alpha value is -6.65. The van der Waals surface area contributed by atoms with Gasteiger partial charge in [-0.3, -0.25) is 4.98 Å². The summed E-state index contributed by atoms with van der Waals surface area (Å²) in [4.78, 5) is 14.8. The number of aromatic nitrogens is 4. The number of nitrogens with zero attached hydrogens (tertiary/aromatic N) is 4. The van der Waals surface area contributed by atoms with Crippen molar-refractivity contribution in [3.8, 4) is 61.8 Å². The first-order valence-electron chi connectivity index (χ1n) is 18.4. The van der Waals surface area contributed by atoms with Crippen LogP contribution in [0.3, 0.4) is 0 Å². The van der Waals surface area contributed by atoms with Gasteiger partial charge in [-0.25, -0.2) is 9.97 Å². The van der Waals surface area contributed by atoms with E-state index in [-0.39, 0.29) is 0 Å². The lowest BCUT2D eigenvalue weighted by molar-refractivity contribution is 1.05. The Kier molecular flexibility index (Phi) is 8.41. The maximum Gasteiger partial charge on any atom is 0.160 e. The molecular weight excluding hydrogens is 645 g/mol. The van der Waals surface area contributed by atoms with Crippen molar-refractivity contribution in [1.82, 2.24) is 19.5 Å². The van der Waals surface area contributed by atoms with Gasteiger partial charge in [0.05, 0.1) is 22.4 Å². The normalized spacial score (nSPS) is 11.4. The van der Waals surface area contributed by atoms with Crippen LogP contribution in [0.25, 0.3) is 83.6 Å². The minimum absolute atomic E-state index is 0.726. The predicted octanol–water partition coefficient (Wildman–Crippen LogP) is 12.4. The van der Waals surface area contributed by atoms with E-state index in [1.54, 1.807) is 0 Å². The summed E-state index contributed by atoms with van der Waals surface area (Å²) in [6, 6.07) is 56.3. The molecule has 0 fully saturated rings. The van der Waals surface area contributed by atoms with Crippen molar-refractivity contribution < 1.29 is 0 Å². The molecule has 3 aromatic heterocycles. The predicted molar refractivity (Wildman–Crippen MR) is 220 cm³/mol. The van der Waals surface area contributed by atoms with E-state index in [2.05, 4.69) is 169 Å². The maximum atomic E-state index is 5.31. The van der Waals surface area contributed by atoms with E-state index < -0.39 is 0 Å². The van der Waals surface area contributed by atoms with Crippen LogP contribution in [0.5, 0.6) is 0 Å². The van der Waals surface area contributed by atoms with Crippen molar-refractivity contribution in [3.63, 3.8) is 0 Å². The summed E-state index contributed by atoms with van der Waals surface area (Å²) in [7, 11) is 0. The zero-order chi connectivity index (χ0) is 35.7. The molecule has 0 aliphatic carbocycles. The van der Waals surface area contributed by atoms with Gasteiger partial charge in [0.2, 0.25) is 0 Å². The Morgan fingerprint density at radius 3 is 1.79 bits per heavy atom. The molecule has 0 aliphatic heterocycles. The second kappa shape index (κ2) is 13.8. The third-order valence-corrected chi connectivity index (χ3v) is 10.3. The van der Waals surface area contributed by atoms with E-state index >= 15 is 0 Å². The Bertz CT molecular complexity index is 2710.